The van der Waals surface area contributed by atoms with E-state index in [-0.39, 0.29) is 16.8 Å². The molecule has 2 amide bonds. The molecule has 0 N–H and O–H groups in total. The molecule has 2 aromatic rings. The molecule has 1 aliphatic rings. The predicted molar refractivity (Wildman–Crippen MR) is 61.8 cm³/mol. The SMILES string of the molecule is O=C1c2ccncc2C(=O)N1c1ccccc1F. The maximum atomic E-state index is 13.6. The molecule has 4 nitrogen and oxygen atoms in total. The molecular formula is C13H7FN2O2. The number of anilines is 1. The fraction of sp³-hybridized carbons (Fsp3) is 0. The van der Waals surface area contributed by atoms with Crippen molar-refractivity contribution in [2.75, 3.05) is 4.90 Å². The Kier molecular flexibility index (Phi) is 2.19. The summed E-state index contributed by atoms with van der Waals surface area (Å²) in [4.78, 5) is 28.8. The number of rotatable bonds is 1. The summed E-state index contributed by atoms with van der Waals surface area (Å²) in [6.45, 7) is 0. The quantitative estimate of drug-likeness (QED) is 0.719. The third-order valence-electron chi connectivity index (χ3n) is 2.78. The van der Waals surface area contributed by atoms with Crippen molar-refractivity contribution in [3.63, 3.8) is 0 Å². The molecule has 1 aromatic heterocycles. The first kappa shape index (κ1) is 10.6. The summed E-state index contributed by atoms with van der Waals surface area (Å²) in [6, 6.07) is 7.12. The fourth-order valence-corrected chi connectivity index (χ4v) is 1.94. The Bertz CT molecular complexity index is 635. The van der Waals surface area contributed by atoms with Crippen molar-refractivity contribution in [2.24, 2.45) is 0 Å². The highest BCUT2D eigenvalue weighted by atomic mass is 19.1. The monoisotopic (exact) mass is 242 g/mol. The summed E-state index contributed by atoms with van der Waals surface area (Å²) in [7, 11) is 0. The Labute approximate surface area is 102 Å². The lowest BCUT2D eigenvalue weighted by molar-refractivity contribution is 0.0925. The van der Waals surface area contributed by atoms with Crippen molar-refractivity contribution in [3.05, 3.63) is 59.7 Å². The molecule has 0 saturated heterocycles. The van der Waals surface area contributed by atoms with Gasteiger partial charge in [0.1, 0.15) is 5.82 Å². The maximum Gasteiger partial charge on any atom is 0.267 e. The van der Waals surface area contributed by atoms with Gasteiger partial charge in [0.25, 0.3) is 11.8 Å². The third-order valence-corrected chi connectivity index (χ3v) is 2.78. The Morgan fingerprint density at radius 1 is 1.00 bits per heavy atom. The van der Waals surface area contributed by atoms with Gasteiger partial charge in [-0.05, 0) is 18.2 Å². The van der Waals surface area contributed by atoms with E-state index in [4.69, 9.17) is 0 Å². The second kappa shape index (κ2) is 3.73. The maximum absolute atomic E-state index is 13.6. The van der Waals surface area contributed by atoms with Crippen molar-refractivity contribution >= 4 is 17.5 Å². The number of halogens is 1. The molecule has 0 spiro atoms. The molecule has 0 radical (unpaired) electrons. The van der Waals surface area contributed by atoms with Crippen LogP contribution in [0.2, 0.25) is 0 Å². The highest BCUT2D eigenvalue weighted by Crippen LogP contribution is 2.29. The van der Waals surface area contributed by atoms with Crippen LogP contribution in [0.4, 0.5) is 10.1 Å². The van der Waals surface area contributed by atoms with E-state index in [1.54, 1.807) is 6.07 Å². The molecule has 1 aliphatic heterocycles. The van der Waals surface area contributed by atoms with Crippen molar-refractivity contribution in [1.29, 1.82) is 0 Å². The number of aromatic nitrogens is 1. The first-order valence-electron chi connectivity index (χ1n) is 5.27. The Hall–Kier alpha value is -2.56. The highest BCUT2D eigenvalue weighted by Gasteiger charge is 2.37. The zero-order valence-electron chi connectivity index (χ0n) is 9.13. The van der Waals surface area contributed by atoms with Gasteiger partial charge in [-0.1, -0.05) is 12.1 Å². The van der Waals surface area contributed by atoms with Gasteiger partial charge in [-0.2, -0.15) is 0 Å². The Morgan fingerprint density at radius 2 is 1.72 bits per heavy atom. The molecular weight excluding hydrogens is 235 g/mol. The van der Waals surface area contributed by atoms with E-state index >= 15 is 0 Å². The Morgan fingerprint density at radius 3 is 2.44 bits per heavy atom. The number of para-hydroxylation sites is 1. The lowest BCUT2D eigenvalue weighted by Gasteiger charge is -2.14. The third kappa shape index (κ3) is 1.34. The van der Waals surface area contributed by atoms with E-state index in [1.165, 1.54) is 36.7 Å². The lowest BCUT2D eigenvalue weighted by atomic mass is 10.2. The molecule has 0 atom stereocenters. The molecule has 18 heavy (non-hydrogen) atoms. The van der Waals surface area contributed by atoms with Gasteiger partial charge in [-0.25, -0.2) is 9.29 Å². The van der Waals surface area contributed by atoms with E-state index < -0.39 is 17.6 Å². The highest BCUT2D eigenvalue weighted by molar-refractivity contribution is 6.34. The summed E-state index contributed by atoms with van der Waals surface area (Å²) in [5, 5.41) is 0. The second-order valence-corrected chi connectivity index (χ2v) is 3.82. The van der Waals surface area contributed by atoms with Crippen LogP contribution in [0.5, 0.6) is 0 Å². The van der Waals surface area contributed by atoms with Crippen LogP contribution in [-0.2, 0) is 0 Å². The van der Waals surface area contributed by atoms with Gasteiger partial charge in [-0.3, -0.25) is 14.6 Å². The normalized spacial score (nSPS) is 13.9. The minimum absolute atomic E-state index is 0.0382. The van der Waals surface area contributed by atoms with Gasteiger partial charge in [0.05, 0.1) is 16.8 Å². The van der Waals surface area contributed by atoms with Crippen molar-refractivity contribution in [2.45, 2.75) is 0 Å². The van der Waals surface area contributed by atoms with Crippen LogP contribution in [0, 0.1) is 5.82 Å². The lowest BCUT2D eigenvalue weighted by Crippen LogP contribution is -2.30. The number of fused-ring (bicyclic) bond motifs is 1. The molecule has 88 valence electrons. The minimum atomic E-state index is -0.611. The molecule has 0 aliphatic carbocycles. The number of carbonyl (C=O) groups excluding carboxylic acids is 2. The molecule has 0 bridgehead atoms. The van der Waals surface area contributed by atoms with Gasteiger partial charge in [0.2, 0.25) is 0 Å². The molecule has 3 rings (SSSR count). The summed E-state index contributed by atoms with van der Waals surface area (Å²) < 4.78 is 13.6. The smallest absolute Gasteiger partial charge is 0.267 e. The van der Waals surface area contributed by atoms with Crippen LogP contribution in [0.15, 0.2) is 42.7 Å². The zero-order chi connectivity index (χ0) is 12.7. The second-order valence-electron chi connectivity index (χ2n) is 3.82. The van der Waals surface area contributed by atoms with Crippen LogP contribution in [0.1, 0.15) is 20.7 Å². The number of benzene rings is 1. The largest absolute Gasteiger partial charge is 0.268 e. The van der Waals surface area contributed by atoms with Crippen molar-refractivity contribution < 1.29 is 14.0 Å². The fourth-order valence-electron chi connectivity index (χ4n) is 1.94. The summed E-state index contributed by atoms with van der Waals surface area (Å²) in [6.07, 6.45) is 2.74. The van der Waals surface area contributed by atoms with Crippen LogP contribution in [0.3, 0.4) is 0 Å². The minimum Gasteiger partial charge on any atom is -0.268 e. The molecule has 1 aromatic carbocycles. The van der Waals surface area contributed by atoms with Crippen LogP contribution in [0.25, 0.3) is 0 Å². The topological polar surface area (TPSA) is 50.3 Å². The van der Waals surface area contributed by atoms with Gasteiger partial charge >= 0.3 is 0 Å². The molecule has 0 fully saturated rings. The van der Waals surface area contributed by atoms with Crippen molar-refractivity contribution in [3.8, 4) is 0 Å². The van der Waals surface area contributed by atoms with E-state index in [0.29, 0.717) is 0 Å². The number of amides is 2. The first-order chi connectivity index (χ1) is 8.70. The summed E-state index contributed by atoms with van der Waals surface area (Å²) >= 11 is 0. The van der Waals surface area contributed by atoms with Gasteiger partial charge in [0.15, 0.2) is 0 Å². The number of hydrogen-bond acceptors (Lipinski definition) is 3. The molecule has 2 heterocycles. The van der Waals surface area contributed by atoms with E-state index in [1.807, 2.05) is 0 Å². The van der Waals surface area contributed by atoms with E-state index in [2.05, 4.69) is 4.98 Å². The van der Waals surface area contributed by atoms with E-state index in [0.717, 1.165) is 4.90 Å². The number of imide groups is 1. The first-order valence-corrected chi connectivity index (χ1v) is 5.27. The van der Waals surface area contributed by atoms with Gasteiger partial charge < -0.3 is 0 Å². The number of pyridine rings is 1. The van der Waals surface area contributed by atoms with E-state index in [9.17, 15) is 14.0 Å². The van der Waals surface area contributed by atoms with Crippen LogP contribution in [-0.4, -0.2) is 16.8 Å². The van der Waals surface area contributed by atoms with Gasteiger partial charge in [-0.15, -0.1) is 0 Å². The molecule has 5 heteroatoms. The van der Waals surface area contributed by atoms with Crippen LogP contribution < -0.4 is 4.90 Å². The standard InChI is InChI=1S/C13H7FN2O2/c14-10-3-1-2-4-11(10)16-12(17)8-5-6-15-7-9(8)13(16)18/h1-7H. The summed E-state index contributed by atoms with van der Waals surface area (Å²) in [5.74, 6) is -1.68. The average molecular weight is 242 g/mol. The number of nitrogens with zero attached hydrogens (tertiary/aromatic N) is 2. The predicted octanol–water partition coefficient (Wildman–Crippen LogP) is 2.02. The average Bonchev–Trinajstić information content (AvgIpc) is 2.64. The molecule has 0 unspecified atom stereocenters. The number of carbonyl (C=O) groups is 2. The number of hydrogen-bond donors (Lipinski definition) is 0. The van der Waals surface area contributed by atoms with Crippen LogP contribution >= 0.6 is 0 Å². The Balaban J connectivity index is 2.16. The molecule has 0 saturated carbocycles. The van der Waals surface area contributed by atoms with Crippen molar-refractivity contribution in [1.82, 2.24) is 4.98 Å². The summed E-state index contributed by atoms with van der Waals surface area (Å²) in [5.41, 5.74) is 0.410. The zero-order valence-corrected chi connectivity index (χ0v) is 9.13. The van der Waals surface area contributed by atoms with Gasteiger partial charge in [0, 0.05) is 12.4 Å².